The second kappa shape index (κ2) is 3.73. The van der Waals surface area contributed by atoms with Crippen LogP contribution in [0.1, 0.15) is 11.1 Å². The number of halogens is 3. The normalized spacial score (nSPS) is 15.8. The molecule has 0 unspecified atom stereocenters. The zero-order valence-electron chi connectivity index (χ0n) is 8.41. The number of hydrogen-bond donors (Lipinski definition) is 0. The van der Waals surface area contributed by atoms with E-state index in [2.05, 4.69) is 11.6 Å². The summed E-state index contributed by atoms with van der Waals surface area (Å²) < 4.78 is 41.6. The van der Waals surface area contributed by atoms with Crippen molar-refractivity contribution in [1.82, 2.24) is 0 Å². The molecule has 0 spiro atoms. The first kappa shape index (κ1) is 11.4. The van der Waals surface area contributed by atoms with Crippen LogP contribution >= 0.6 is 0 Å². The zero-order chi connectivity index (χ0) is 12.6. The van der Waals surface area contributed by atoms with Gasteiger partial charge >= 0.3 is 12.1 Å². The fourth-order valence-corrected chi connectivity index (χ4v) is 1.26. The monoisotopic (exact) mass is 241 g/mol. The lowest BCUT2D eigenvalue weighted by Gasteiger charge is -2.06. The van der Waals surface area contributed by atoms with Crippen LogP contribution in [-0.2, 0) is 15.7 Å². The SMILES string of the molecule is C=C1N=C(c2ccc(C(F)(F)F)cc2)OC1=O. The van der Waals surface area contributed by atoms with E-state index < -0.39 is 17.7 Å². The Morgan fingerprint density at radius 2 is 1.76 bits per heavy atom. The lowest BCUT2D eigenvalue weighted by molar-refractivity contribution is -0.137. The molecule has 0 amide bonds. The number of esters is 1. The van der Waals surface area contributed by atoms with Crippen molar-refractivity contribution >= 4 is 11.9 Å². The molecule has 0 aliphatic carbocycles. The van der Waals surface area contributed by atoms with Crippen molar-refractivity contribution in [3.63, 3.8) is 0 Å². The topological polar surface area (TPSA) is 38.7 Å². The Balaban J connectivity index is 2.29. The molecular weight excluding hydrogens is 235 g/mol. The molecule has 1 aliphatic rings. The summed E-state index contributed by atoms with van der Waals surface area (Å²) >= 11 is 0. The molecule has 2 rings (SSSR count). The highest BCUT2D eigenvalue weighted by Gasteiger charge is 2.30. The maximum atomic E-state index is 12.3. The van der Waals surface area contributed by atoms with Gasteiger partial charge in [0.05, 0.1) is 5.56 Å². The van der Waals surface area contributed by atoms with Gasteiger partial charge in [-0.3, -0.25) is 0 Å². The first-order valence-corrected chi connectivity index (χ1v) is 4.55. The van der Waals surface area contributed by atoms with E-state index in [-0.39, 0.29) is 11.6 Å². The fraction of sp³-hybridized carbons (Fsp3) is 0.0909. The van der Waals surface area contributed by atoms with Crippen molar-refractivity contribution in [2.45, 2.75) is 6.18 Å². The van der Waals surface area contributed by atoms with Gasteiger partial charge in [0.1, 0.15) is 5.70 Å². The molecule has 17 heavy (non-hydrogen) atoms. The quantitative estimate of drug-likeness (QED) is 0.559. The third kappa shape index (κ3) is 2.20. The highest BCUT2D eigenvalue weighted by molar-refractivity contribution is 6.10. The van der Waals surface area contributed by atoms with E-state index >= 15 is 0 Å². The smallest absolute Gasteiger partial charge is 0.402 e. The van der Waals surface area contributed by atoms with Crippen LogP contribution in [0.4, 0.5) is 13.2 Å². The number of benzene rings is 1. The molecule has 1 aromatic carbocycles. The van der Waals surface area contributed by atoms with E-state index in [4.69, 9.17) is 4.74 Å². The summed E-state index contributed by atoms with van der Waals surface area (Å²) in [6, 6.07) is 4.17. The van der Waals surface area contributed by atoms with Gasteiger partial charge in [-0.1, -0.05) is 6.58 Å². The van der Waals surface area contributed by atoms with Crippen molar-refractivity contribution < 1.29 is 22.7 Å². The standard InChI is InChI=1S/C11H6F3NO2/c1-6-10(16)17-9(15-6)7-2-4-8(5-3-7)11(12,13)14/h2-5H,1H2. The number of alkyl halides is 3. The number of carbonyl (C=O) groups is 1. The zero-order valence-corrected chi connectivity index (χ0v) is 8.41. The number of hydrogen-bond acceptors (Lipinski definition) is 3. The molecule has 0 N–H and O–H groups in total. The first-order valence-electron chi connectivity index (χ1n) is 4.55. The van der Waals surface area contributed by atoms with Gasteiger partial charge in [-0.05, 0) is 24.3 Å². The second-order valence-corrected chi connectivity index (χ2v) is 3.33. The minimum atomic E-state index is -4.39. The molecule has 1 heterocycles. The fourth-order valence-electron chi connectivity index (χ4n) is 1.26. The summed E-state index contributed by atoms with van der Waals surface area (Å²) in [7, 11) is 0. The summed E-state index contributed by atoms with van der Waals surface area (Å²) in [5.41, 5.74) is -0.546. The van der Waals surface area contributed by atoms with Crippen LogP contribution in [-0.4, -0.2) is 11.9 Å². The van der Waals surface area contributed by atoms with E-state index in [1.54, 1.807) is 0 Å². The Kier molecular flexibility index (Phi) is 2.49. The summed E-state index contributed by atoms with van der Waals surface area (Å²) in [6.45, 7) is 3.33. The van der Waals surface area contributed by atoms with Crippen LogP contribution in [0.25, 0.3) is 0 Å². The molecule has 88 valence electrons. The summed E-state index contributed by atoms with van der Waals surface area (Å²) in [5.74, 6) is -0.728. The number of cyclic esters (lactones) is 1. The van der Waals surface area contributed by atoms with E-state index in [0.717, 1.165) is 12.1 Å². The summed E-state index contributed by atoms with van der Waals surface area (Å²) in [4.78, 5) is 14.7. The van der Waals surface area contributed by atoms with Crippen LogP contribution in [0.15, 0.2) is 41.5 Å². The van der Waals surface area contributed by atoms with Gasteiger partial charge in [-0.25, -0.2) is 9.79 Å². The molecule has 0 fully saturated rings. The van der Waals surface area contributed by atoms with Crippen LogP contribution in [0.3, 0.4) is 0 Å². The molecule has 3 nitrogen and oxygen atoms in total. The number of aliphatic imine (C=N–C) groups is 1. The maximum Gasteiger partial charge on any atom is 0.416 e. The Morgan fingerprint density at radius 3 is 2.18 bits per heavy atom. The number of carbonyl (C=O) groups excluding carboxylic acids is 1. The Labute approximate surface area is 94.2 Å². The summed E-state index contributed by atoms with van der Waals surface area (Å²) in [5, 5.41) is 0. The lowest BCUT2D eigenvalue weighted by atomic mass is 10.1. The van der Waals surface area contributed by atoms with E-state index in [0.29, 0.717) is 5.56 Å². The average molecular weight is 241 g/mol. The van der Waals surface area contributed by atoms with Crippen LogP contribution in [0, 0.1) is 0 Å². The van der Waals surface area contributed by atoms with E-state index in [1.807, 2.05) is 0 Å². The van der Waals surface area contributed by atoms with Gasteiger partial charge in [0.2, 0.25) is 5.90 Å². The molecule has 1 aliphatic heterocycles. The van der Waals surface area contributed by atoms with Crippen LogP contribution in [0.2, 0.25) is 0 Å². The van der Waals surface area contributed by atoms with Crippen molar-refractivity contribution in [2.24, 2.45) is 4.99 Å². The third-order valence-corrected chi connectivity index (χ3v) is 2.12. The molecule has 0 saturated carbocycles. The number of ether oxygens (including phenoxy) is 1. The largest absolute Gasteiger partial charge is 0.416 e. The van der Waals surface area contributed by atoms with Crippen molar-refractivity contribution in [2.75, 3.05) is 0 Å². The minimum Gasteiger partial charge on any atom is -0.402 e. The molecule has 1 aromatic rings. The molecule has 0 bridgehead atoms. The molecule has 0 radical (unpaired) electrons. The van der Waals surface area contributed by atoms with Crippen molar-refractivity contribution in [1.29, 1.82) is 0 Å². The lowest BCUT2D eigenvalue weighted by Crippen LogP contribution is -2.08. The predicted octanol–water partition coefficient (Wildman–Crippen LogP) is 2.52. The molecule has 6 heteroatoms. The molecule has 0 atom stereocenters. The van der Waals surface area contributed by atoms with Gasteiger partial charge in [0.25, 0.3) is 0 Å². The highest BCUT2D eigenvalue weighted by atomic mass is 19.4. The third-order valence-electron chi connectivity index (χ3n) is 2.12. The summed E-state index contributed by atoms with van der Waals surface area (Å²) in [6.07, 6.45) is -4.39. The van der Waals surface area contributed by atoms with Gasteiger partial charge in [0.15, 0.2) is 0 Å². The first-order chi connectivity index (χ1) is 7.88. The van der Waals surface area contributed by atoms with E-state index in [9.17, 15) is 18.0 Å². The van der Waals surface area contributed by atoms with Gasteiger partial charge in [-0.15, -0.1) is 0 Å². The molecule has 0 saturated heterocycles. The predicted molar refractivity (Wildman–Crippen MR) is 53.2 cm³/mol. The maximum absolute atomic E-state index is 12.3. The average Bonchev–Trinajstić information content (AvgIpc) is 2.58. The van der Waals surface area contributed by atoms with Crippen molar-refractivity contribution in [3.8, 4) is 0 Å². The van der Waals surface area contributed by atoms with Gasteiger partial charge in [-0.2, -0.15) is 13.2 Å². The minimum absolute atomic E-state index is 0.0336. The van der Waals surface area contributed by atoms with Crippen LogP contribution in [0.5, 0.6) is 0 Å². The molecule has 0 aromatic heterocycles. The van der Waals surface area contributed by atoms with E-state index in [1.165, 1.54) is 12.1 Å². The second-order valence-electron chi connectivity index (χ2n) is 3.33. The van der Waals surface area contributed by atoms with Crippen LogP contribution < -0.4 is 0 Å². The van der Waals surface area contributed by atoms with Gasteiger partial charge < -0.3 is 4.74 Å². The Hall–Kier alpha value is -2.11. The number of rotatable bonds is 1. The van der Waals surface area contributed by atoms with Crippen molar-refractivity contribution in [3.05, 3.63) is 47.7 Å². The highest BCUT2D eigenvalue weighted by Crippen LogP contribution is 2.29. The Morgan fingerprint density at radius 1 is 1.18 bits per heavy atom. The Bertz CT molecular complexity index is 515. The molecular formula is C11H6F3NO2. The van der Waals surface area contributed by atoms with Gasteiger partial charge in [0, 0.05) is 5.56 Å². The number of nitrogens with zero attached hydrogens (tertiary/aromatic N) is 1.